The molecule has 0 atom stereocenters. The van der Waals surface area contributed by atoms with Gasteiger partial charge in [-0.05, 0) is 66.9 Å². The van der Waals surface area contributed by atoms with Crippen LogP contribution in [0.2, 0.25) is 18.1 Å². The van der Waals surface area contributed by atoms with Crippen molar-refractivity contribution in [2.75, 3.05) is 20.5 Å². The molecule has 0 fully saturated rings. The highest BCUT2D eigenvalue weighted by Crippen LogP contribution is 2.40. The maximum absolute atomic E-state index is 12.1. The molecule has 0 bridgehead atoms. The van der Waals surface area contributed by atoms with Crippen LogP contribution in [0.15, 0.2) is 57.0 Å². The first-order chi connectivity index (χ1) is 17.9. The summed E-state index contributed by atoms with van der Waals surface area (Å²) in [5.74, 6) is 2.22. The molecule has 1 amide bonds. The van der Waals surface area contributed by atoms with Gasteiger partial charge >= 0.3 is 6.09 Å². The number of rotatable bonds is 7. The van der Waals surface area contributed by atoms with Gasteiger partial charge in [0.15, 0.2) is 5.75 Å². The van der Waals surface area contributed by atoms with Crippen LogP contribution in [-0.2, 0) is 4.74 Å². The van der Waals surface area contributed by atoms with Crippen molar-refractivity contribution in [2.24, 2.45) is 9.98 Å². The Morgan fingerprint density at radius 1 is 1.05 bits per heavy atom. The molecule has 0 aliphatic carbocycles. The van der Waals surface area contributed by atoms with E-state index >= 15 is 0 Å². The lowest BCUT2D eigenvalue weighted by molar-refractivity contribution is 0.183. The Morgan fingerprint density at radius 3 is 2.26 bits per heavy atom. The lowest BCUT2D eigenvalue weighted by Crippen LogP contribution is -2.43. The molecule has 9 nitrogen and oxygen atoms in total. The van der Waals surface area contributed by atoms with Gasteiger partial charge in [-0.3, -0.25) is 0 Å². The first-order valence-electron chi connectivity index (χ1n) is 12.0. The van der Waals surface area contributed by atoms with Gasteiger partial charge in [0.05, 0.1) is 19.9 Å². The molecule has 1 heterocycles. The Morgan fingerprint density at radius 2 is 1.74 bits per heavy atom. The summed E-state index contributed by atoms with van der Waals surface area (Å²) in [4.78, 5) is 25.3. The zero-order valence-corrected chi connectivity index (χ0v) is 25.1. The van der Waals surface area contributed by atoms with Gasteiger partial charge in [-0.2, -0.15) is 9.98 Å². The van der Waals surface area contributed by atoms with Gasteiger partial charge in [0.2, 0.25) is 11.7 Å². The largest absolute Gasteiger partial charge is 0.541 e. The minimum Gasteiger partial charge on any atom is -0.541 e. The van der Waals surface area contributed by atoms with E-state index in [-0.39, 0.29) is 5.04 Å². The van der Waals surface area contributed by atoms with Crippen molar-refractivity contribution in [3.05, 3.63) is 53.9 Å². The van der Waals surface area contributed by atoms with Crippen molar-refractivity contribution in [1.29, 1.82) is 0 Å². The number of hydrogen-bond donors (Lipinski definition) is 0. The smallest absolute Gasteiger partial charge is 0.434 e. The number of methoxy groups -OCH3 is 2. The van der Waals surface area contributed by atoms with Crippen molar-refractivity contribution in [3.8, 4) is 22.9 Å². The second-order valence-electron chi connectivity index (χ2n) is 9.96. The van der Waals surface area contributed by atoms with Gasteiger partial charge < -0.3 is 18.4 Å². The van der Waals surface area contributed by atoms with Crippen molar-refractivity contribution < 1.29 is 23.2 Å². The normalized spacial score (nSPS) is 12.9. The number of hydrogen-bond acceptors (Lipinski definition) is 9. The molecule has 3 rings (SSSR count). The molecule has 0 saturated heterocycles. The predicted octanol–water partition coefficient (Wildman–Crippen LogP) is 7.09. The fraction of sp³-hybridized carbons (Fsp3) is 0.370. The van der Waals surface area contributed by atoms with Gasteiger partial charge in [0, 0.05) is 18.1 Å². The predicted molar refractivity (Wildman–Crippen MR) is 155 cm³/mol. The summed E-state index contributed by atoms with van der Waals surface area (Å²) in [6.07, 6.45) is 1.11. The number of ether oxygens (including phenoxy) is 2. The maximum Gasteiger partial charge on any atom is 0.434 e. The molecule has 0 unspecified atom stereocenters. The number of aromatic nitrogens is 2. The summed E-state index contributed by atoms with van der Waals surface area (Å²) in [5, 5.41) is 4.38. The summed E-state index contributed by atoms with van der Waals surface area (Å²) in [6, 6.07) is 13.0. The van der Waals surface area contributed by atoms with Crippen LogP contribution >= 0.6 is 11.8 Å². The summed E-state index contributed by atoms with van der Waals surface area (Å²) >= 11 is 1.29. The first-order valence-corrected chi connectivity index (χ1v) is 16.1. The number of benzene rings is 2. The molecular formula is C27H34N4O5SSi. The minimum atomic E-state index is -2.10. The summed E-state index contributed by atoms with van der Waals surface area (Å²) < 4.78 is 22.1. The molecule has 1 aromatic heterocycles. The quantitative estimate of drug-likeness (QED) is 0.173. The number of carbonyl (C=O) groups is 1. The van der Waals surface area contributed by atoms with E-state index in [1.807, 2.05) is 48.7 Å². The van der Waals surface area contributed by atoms with E-state index in [0.29, 0.717) is 45.2 Å². The van der Waals surface area contributed by atoms with Crippen LogP contribution in [0.4, 0.5) is 10.5 Å². The van der Waals surface area contributed by atoms with Crippen LogP contribution < -0.4 is 9.16 Å². The van der Waals surface area contributed by atoms with Crippen molar-refractivity contribution in [1.82, 2.24) is 10.1 Å². The second-order valence-corrected chi connectivity index (χ2v) is 15.5. The van der Waals surface area contributed by atoms with Crippen LogP contribution in [0.3, 0.4) is 0 Å². The Balaban J connectivity index is 2.09. The zero-order valence-electron chi connectivity index (χ0n) is 23.3. The van der Waals surface area contributed by atoms with E-state index in [1.54, 1.807) is 14.0 Å². The molecule has 2 aromatic carbocycles. The van der Waals surface area contributed by atoms with Gasteiger partial charge in [-0.1, -0.05) is 25.9 Å². The first kappa shape index (κ1) is 29.1. The third-order valence-electron chi connectivity index (χ3n) is 6.27. The van der Waals surface area contributed by atoms with E-state index < -0.39 is 14.4 Å². The lowest BCUT2D eigenvalue weighted by atomic mass is 10.1. The SMILES string of the molecule is COC(=O)N=C(SC)C(=Nc1ccc(-c2noc(C)n2)cc1)c1ccc(O[Si](C)(C)C(C)(C)C)c(OC)c1. The number of amides is 1. The van der Waals surface area contributed by atoms with Gasteiger partial charge in [-0.25, -0.2) is 9.79 Å². The van der Waals surface area contributed by atoms with Gasteiger partial charge in [0.1, 0.15) is 16.5 Å². The molecule has 202 valence electrons. The maximum atomic E-state index is 12.1. The van der Waals surface area contributed by atoms with Crippen molar-refractivity contribution in [3.63, 3.8) is 0 Å². The highest BCUT2D eigenvalue weighted by Gasteiger charge is 2.39. The van der Waals surface area contributed by atoms with Gasteiger partial charge in [-0.15, -0.1) is 11.8 Å². The van der Waals surface area contributed by atoms with Crippen molar-refractivity contribution in [2.45, 2.75) is 45.8 Å². The van der Waals surface area contributed by atoms with Crippen molar-refractivity contribution >= 4 is 42.6 Å². The Bertz CT molecular complexity index is 1340. The topological polar surface area (TPSA) is 108 Å². The third kappa shape index (κ3) is 6.90. The molecule has 3 aromatic rings. The standard InChI is InChI=1S/C27H34N4O5SSi/c1-17-28-24(31-35-17)18-10-13-20(14-11-18)29-23(25(37-7)30-26(32)34-6)19-12-15-21(22(16-19)33-5)36-38(8,9)27(2,3)4/h10-16H,1-9H3. The number of nitrogens with zero attached hydrogens (tertiary/aromatic N) is 4. The molecule has 0 saturated carbocycles. The number of thioether (sulfide) groups is 1. The molecule has 0 spiro atoms. The second kappa shape index (κ2) is 12.0. The highest BCUT2D eigenvalue weighted by molar-refractivity contribution is 8.15. The molecule has 11 heteroatoms. The third-order valence-corrected chi connectivity index (χ3v) is 11.3. The average molecular weight is 555 g/mol. The van der Waals surface area contributed by atoms with Crippen LogP contribution in [0.1, 0.15) is 32.2 Å². The summed E-state index contributed by atoms with van der Waals surface area (Å²) in [5.41, 5.74) is 2.64. The van der Waals surface area contributed by atoms with E-state index in [2.05, 4.69) is 49.0 Å². The molecule has 38 heavy (non-hydrogen) atoms. The monoisotopic (exact) mass is 554 g/mol. The molecule has 0 aliphatic heterocycles. The fourth-order valence-electron chi connectivity index (χ4n) is 3.12. The fourth-order valence-corrected chi connectivity index (χ4v) is 4.66. The van der Waals surface area contributed by atoms with Crippen LogP contribution in [0.5, 0.6) is 11.5 Å². The van der Waals surface area contributed by atoms with E-state index in [4.69, 9.17) is 23.4 Å². The van der Waals surface area contributed by atoms with E-state index in [1.165, 1.54) is 18.9 Å². The zero-order chi connectivity index (χ0) is 28.1. The number of aliphatic imine (C=N–C) groups is 2. The minimum absolute atomic E-state index is 0.0227. The lowest BCUT2D eigenvalue weighted by Gasteiger charge is -2.36. The van der Waals surface area contributed by atoms with Crippen LogP contribution in [0, 0.1) is 6.92 Å². The molecule has 0 radical (unpaired) electrons. The van der Waals surface area contributed by atoms with E-state index in [0.717, 1.165) is 5.56 Å². The summed E-state index contributed by atoms with van der Waals surface area (Å²) in [7, 11) is 0.786. The summed E-state index contributed by atoms with van der Waals surface area (Å²) in [6.45, 7) is 12.7. The Hall–Kier alpha value is -3.44. The Kier molecular flexibility index (Phi) is 9.16. The highest BCUT2D eigenvalue weighted by atomic mass is 32.2. The number of carbonyl (C=O) groups excluding carboxylic acids is 1. The molecule has 0 N–H and O–H groups in total. The Labute approximate surface area is 228 Å². The molecular weight excluding hydrogens is 520 g/mol. The van der Waals surface area contributed by atoms with Gasteiger partial charge in [0.25, 0.3) is 8.32 Å². The average Bonchev–Trinajstić information content (AvgIpc) is 3.31. The van der Waals surface area contributed by atoms with Crippen LogP contribution in [0.25, 0.3) is 11.4 Å². The van der Waals surface area contributed by atoms with Crippen LogP contribution in [-0.4, -0.2) is 55.8 Å². The van der Waals surface area contributed by atoms with E-state index in [9.17, 15) is 4.79 Å². The number of aryl methyl sites for hydroxylation is 1. The molecule has 0 aliphatic rings.